The minimum Gasteiger partial charge on any atom is -0.406 e. The zero-order valence-corrected chi connectivity index (χ0v) is 19.8. The van der Waals surface area contributed by atoms with Gasteiger partial charge in [0.05, 0.1) is 11.4 Å². The molecule has 3 aromatic rings. The highest BCUT2D eigenvalue weighted by Gasteiger charge is 2.46. The molecule has 0 radical (unpaired) electrons. The molecular weight excluding hydrogens is 495 g/mol. The minimum atomic E-state index is -4.78. The van der Waals surface area contributed by atoms with Crippen molar-refractivity contribution in [3.05, 3.63) is 71.5 Å². The number of urea groups is 1. The summed E-state index contributed by atoms with van der Waals surface area (Å²) in [6, 6.07) is 13.8. The number of carbonyl (C=O) groups is 1. The molecule has 7 nitrogen and oxygen atoms in total. The molecule has 0 bridgehead atoms. The van der Waals surface area contributed by atoms with Crippen molar-refractivity contribution < 1.29 is 22.7 Å². The molecule has 2 amide bonds. The number of carbonyl (C=O) groups excluding carboxylic acids is 1. The van der Waals surface area contributed by atoms with Gasteiger partial charge in [-0.3, -0.25) is 0 Å². The number of halogens is 4. The Labute approximate surface area is 210 Å². The molecule has 5 rings (SSSR count). The topological polar surface area (TPSA) is 78.5 Å². The Bertz CT molecular complexity index is 1260. The number of nitrogens with zero attached hydrogens (tertiary/aromatic N) is 2. The van der Waals surface area contributed by atoms with Crippen LogP contribution < -0.4 is 25.6 Å². The predicted molar refractivity (Wildman–Crippen MR) is 132 cm³/mol. The van der Waals surface area contributed by atoms with E-state index in [0.29, 0.717) is 23.1 Å². The Morgan fingerprint density at radius 1 is 1.03 bits per heavy atom. The quantitative estimate of drug-likeness (QED) is 0.367. The number of benzene rings is 2. The lowest BCUT2D eigenvalue weighted by atomic mass is 9.75. The van der Waals surface area contributed by atoms with Gasteiger partial charge in [-0.15, -0.1) is 13.2 Å². The number of ether oxygens (including phenoxy) is 1. The zero-order valence-electron chi connectivity index (χ0n) is 19.0. The Hall–Kier alpha value is -3.50. The number of piperidine rings is 1. The first kappa shape index (κ1) is 24.2. The molecule has 0 atom stereocenters. The Balaban J connectivity index is 1.37. The summed E-state index contributed by atoms with van der Waals surface area (Å²) in [4.78, 5) is 19.3. The Kier molecular flexibility index (Phi) is 6.40. The molecule has 1 spiro atoms. The summed E-state index contributed by atoms with van der Waals surface area (Å²) < 4.78 is 41.0. The molecule has 2 aliphatic rings. The Morgan fingerprint density at radius 2 is 1.75 bits per heavy atom. The van der Waals surface area contributed by atoms with E-state index in [4.69, 9.17) is 11.6 Å². The number of para-hydroxylation sites is 2. The van der Waals surface area contributed by atoms with Crippen LogP contribution in [0, 0.1) is 0 Å². The molecule has 188 valence electrons. The smallest absolute Gasteiger partial charge is 0.406 e. The van der Waals surface area contributed by atoms with Gasteiger partial charge >= 0.3 is 12.4 Å². The van der Waals surface area contributed by atoms with Crippen LogP contribution in [0.2, 0.25) is 5.15 Å². The maximum absolute atomic E-state index is 12.8. The SMILES string of the molecule is O=C(Nc1ccc(OC(F)(F)F)cc1)Nc1ccccc1N1CC2(CCNCC2)c2c1ccnc2Cl. The van der Waals surface area contributed by atoms with Crippen molar-refractivity contribution in [2.24, 2.45) is 0 Å². The summed E-state index contributed by atoms with van der Waals surface area (Å²) >= 11 is 6.60. The number of nitrogens with one attached hydrogen (secondary N) is 3. The molecule has 36 heavy (non-hydrogen) atoms. The number of hydrogen-bond donors (Lipinski definition) is 3. The molecular formula is C25H23ClF3N5O2. The van der Waals surface area contributed by atoms with E-state index in [0.717, 1.165) is 55.0 Å². The van der Waals surface area contributed by atoms with Crippen LogP contribution in [0.4, 0.5) is 40.7 Å². The first-order chi connectivity index (χ1) is 17.2. The molecule has 1 aromatic heterocycles. The van der Waals surface area contributed by atoms with Crippen LogP contribution >= 0.6 is 11.6 Å². The van der Waals surface area contributed by atoms with E-state index < -0.39 is 12.4 Å². The largest absolute Gasteiger partial charge is 0.573 e. The average molecular weight is 518 g/mol. The van der Waals surface area contributed by atoms with Crippen molar-refractivity contribution in [1.82, 2.24) is 10.3 Å². The standard InChI is InChI=1S/C25H23ClF3N5O2/c26-22-21-20(9-12-31-22)34(15-24(21)10-13-30-14-11-24)19-4-2-1-3-18(19)33-23(35)32-16-5-7-17(8-6-16)36-25(27,28)29/h1-9,12,30H,10-11,13-15H2,(H2,32,33,35). The van der Waals surface area contributed by atoms with E-state index in [1.165, 1.54) is 12.1 Å². The van der Waals surface area contributed by atoms with Gasteiger partial charge in [0, 0.05) is 35.1 Å². The maximum atomic E-state index is 12.8. The van der Waals surface area contributed by atoms with Gasteiger partial charge in [0.1, 0.15) is 10.9 Å². The third kappa shape index (κ3) is 4.91. The highest BCUT2D eigenvalue weighted by atomic mass is 35.5. The molecule has 1 saturated heterocycles. The van der Waals surface area contributed by atoms with E-state index in [1.54, 1.807) is 12.3 Å². The van der Waals surface area contributed by atoms with E-state index in [1.807, 2.05) is 24.3 Å². The number of aromatic nitrogens is 1. The van der Waals surface area contributed by atoms with Gasteiger partial charge in [0.25, 0.3) is 0 Å². The van der Waals surface area contributed by atoms with Gasteiger partial charge in [-0.25, -0.2) is 9.78 Å². The zero-order chi connectivity index (χ0) is 25.3. The number of hydrogen-bond acceptors (Lipinski definition) is 5. The van der Waals surface area contributed by atoms with Gasteiger partial charge in [-0.2, -0.15) is 0 Å². The third-order valence-corrected chi connectivity index (χ3v) is 6.80. The fourth-order valence-electron chi connectivity index (χ4n) is 4.98. The normalized spacial score (nSPS) is 16.5. The van der Waals surface area contributed by atoms with E-state index >= 15 is 0 Å². The van der Waals surface area contributed by atoms with Crippen LogP contribution in [-0.4, -0.2) is 37.0 Å². The van der Waals surface area contributed by atoms with Gasteiger partial charge in [0.2, 0.25) is 0 Å². The van der Waals surface area contributed by atoms with Crippen LogP contribution in [-0.2, 0) is 5.41 Å². The van der Waals surface area contributed by atoms with Gasteiger partial charge < -0.3 is 25.6 Å². The van der Waals surface area contributed by atoms with Crippen molar-refractivity contribution >= 4 is 40.4 Å². The number of rotatable bonds is 4. The van der Waals surface area contributed by atoms with Crippen molar-refractivity contribution in [3.8, 4) is 5.75 Å². The van der Waals surface area contributed by atoms with Gasteiger partial charge in [-0.1, -0.05) is 23.7 Å². The lowest BCUT2D eigenvalue weighted by Crippen LogP contribution is -2.42. The van der Waals surface area contributed by atoms with Crippen molar-refractivity contribution in [3.63, 3.8) is 0 Å². The van der Waals surface area contributed by atoms with E-state index in [2.05, 4.69) is 30.6 Å². The van der Waals surface area contributed by atoms with Crippen molar-refractivity contribution in [2.75, 3.05) is 35.2 Å². The van der Waals surface area contributed by atoms with Crippen LogP contribution in [0.25, 0.3) is 0 Å². The predicted octanol–water partition coefficient (Wildman–Crippen LogP) is 6.05. The lowest BCUT2D eigenvalue weighted by molar-refractivity contribution is -0.274. The maximum Gasteiger partial charge on any atom is 0.573 e. The summed E-state index contributed by atoms with van der Waals surface area (Å²) in [5.41, 5.74) is 3.57. The summed E-state index contributed by atoms with van der Waals surface area (Å²) in [7, 11) is 0. The fourth-order valence-corrected chi connectivity index (χ4v) is 5.33. The molecule has 3 heterocycles. The van der Waals surface area contributed by atoms with Crippen molar-refractivity contribution in [2.45, 2.75) is 24.6 Å². The molecule has 3 N–H and O–H groups in total. The highest BCUT2D eigenvalue weighted by molar-refractivity contribution is 6.30. The summed E-state index contributed by atoms with van der Waals surface area (Å²) in [5.74, 6) is -0.369. The number of amides is 2. The van der Waals surface area contributed by atoms with Crippen LogP contribution in [0.3, 0.4) is 0 Å². The van der Waals surface area contributed by atoms with Crippen LogP contribution in [0.15, 0.2) is 60.8 Å². The molecule has 0 unspecified atom stereocenters. The first-order valence-corrected chi connectivity index (χ1v) is 11.8. The molecule has 0 aliphatic carbocycles. The highest BCUT2D eigenvalue weighted by Crippen LogP contribution is 2.52. The number of pyridine rings is 1. The number of alkyl halides is 3. The molecule has 1 fully saturated rings. The summed E-state index contributed by atoms with van der Waals surface area (Å²) in [6.07, 6.45) is -1.25. The van der Waals surface area contributed by atoms with Crippen LogP contribution in [0.1, 0.15) is 18.4 Å². The Morgan fingerprint density at radius 3 is 2.47 bits per heavy atom. The molecule has 11 heteroatoms. The second-order valence-electron chi connectivity index (χ2n) is 8.78. The monoisotopic (exact) mass is 517 g/mol. The van der Waals surface area contributed by atoms with Crippen LogP contribution in [0.5, 0.6) is 5.75 Å². The molecule has 0 saturated carbocycles. The third-order valence-electron chi connectivity index (χ3n) is 6.51. The average Bonchev–Trinajstić information content (AvgIpc) is 3.15. The summed E-state index contributed by atoms with van der Waals surface area (Å²) in [6.45, 7) is 2.47. The first-order valence-electron chi connectivity index (χ1n) is 11.4. The molecule has 2 aliphatic heterocycles. The minimum absolute atomic E-state index is 0.137. The van der Waals surface area contributed by atoms with Gasteiger partial charge in [-0.05, 0) is 68.4 Å². The van der Waals surface area contributed by atoms with Crippen molar-refractivity contribution in [1.29, 1.82) is 0 Å². The lowest BCUT2D eigenvalue weighted by Gasteiger charge is -2.35. The second kappa shape index (κ2) is 9.51. The number of fused-ring (bicyclic) bond motifs is 2. The fraction of sp³-hybridized carbons (Fsp3) is 0.280. The summed E-state index contributed by atoms with van der Waals surface area (Å²) in [5, 5.41) is 9.40. The number of anilines is 4. The van der Waals surface area contributed by atoms with E-state index in [-0.39, 0.29) is 11.2 Å². The van der Waals surface area contributed by atoms with Gasteiger partial charge in [0.15, 0.2) is 0 Å². The molecule has 2 aromatic carbocycles. The van der Waals surface area contributed by atoms with E-state index in [9.17, 15) is 18.0 Å². The second-order valence-corrected chi connectivity index (χ2v) is 9.14.